The van der Waals surface area contributed by atoms with Crippen LogP contribution in [0.25, 0.3) is 0 Å². The van der Waals surface area contributed by atoms with E-state index in [-0.39, 0.29) is 11.9 Å². The number of thioether (sulfide) groups is 1. The van der Waals surface area contributed by atoms with Crippen molar-refractivity contribution in [1.82, 2.24) is 0 Å². The molecular weight excluding hydrogens is 221 g/mol. The zero-order valence-corrected chi connectivity index (χ0v) is 10.4. The SMILES string of the molecule is Cc1cc(F)ccc1CC(N)C1CCCS1. The molecule has 1 fully saturated rings. The third-order valence-corrected chi connectivity index (χ3v) is 4.74. The summed E-state index contributed by atoms with van der Waals surface area (Å²) in [7, 11) is 0. The number of benzene rings is 1. The number of hydrogen-bond donors (Lipinski definition) is 1. The molecule has 0 amide bonds. The third kappa shape index (κ3) is 2.77. The Morgan fingerprint density at radius 2 is 2.38 bits per heavy atom. The van der Waals surface area contributed by atoms with Gasteiger partial charge in [0.15, 0.2) is 0 Å². The summed E-state index contributed by atoms with van der Waals surface area (Å²) in [6.45, 7) is 1.95. The number of hydrogen-bond acceptors (Lipinski definition) is 2. The fraction of sp³-hybridized carbons (Fsp3) is 0.538. The monoisotopic (exact) mass is 239 g/mol. The molecule has 1 heterocycles. The number of rotatable bonds is 3. The number of halogens is 1. The van der Waals surface area contributed by atoms with Gasteiger partial charge in [0.05, 0.1) is 0 Å². The maximum atomic E-state index is 13.0. The summed E-state index contributed by atoms with van der Waals surface area (Å²) in [4.78, 5) is 0. The Labute approximate surface area is 101 Å². The van der Waals surface area contributed by atoms with Crippen LogP contribution in [0.4, 0.5) is 4.39 Å². The standard InChI is InChI=1S/C13H18FNS/c1-9-7-11(14)5-4-10(9)8-12(15)13-3-2-6-16-13/h4-5,7,12-13H,2-3,6,8,15H2,1H3. The Kier molecular flexibility index (Phi) is 3.87. The van der Waals surface area contributed by atoms with Gasteiger partial charge in [-0.2, -0.15) is 11.8 Å². The second kappa shape index (κ2) is 5.19. The van der Waals surface area contributed by atoms with Crippen molar-refractivity contribution in [1.29, 1.82) is 0 Å². The summed E-state index contributed by atoms with van der Waals surface area (Å²) in [5, 5.41) is 0.587. The van der Waals surface area contributed by atoms with Crippen LogP contribution in [0.1, 0.15) is 24.0 Å². The van der Waals surface area contributed by atoms with Crippen LogP contribution in [0.15, 0.2) is 18.2 Å². The van der Waals surface area contributed by atoms with Crippen molar-refractivity contribution in [3.05, 3.63) is 35.1 Å². The van der Waals surface area contributed by atoms with Gasteiger partial charge in [-0.15, -0.1) is 0 Å². The van der Waals surface area contributed by atoms with Gasteiger partial charge in [0.1, 0.15) is 5.82 Å². The Morgan fingerprint density at radius 1 is 1.56 bits per heavy atom. The second-order valence-electron chi connectivity index (χ2n) is 4.49. The zero-order chi connectivity index (χ0) is 11.5. The number of nitrogens with two attached hydrogens (primary N) is 1. The van der Waals surface area contributed by atoms with Crippen LogP contribution in [0.3, 0.4) is 0 Å². The normalized spacial score (nSPS) is 22.3. The van der Waals surface area contributed by atoms with E-state index in [4.69, 9.17) is 5.73 Å². The van der Waals surface area contributed by atoms with Gasteiger partial charge in [-0.3, -0.25) is 0 Å². The summed E-state index contributed by atoms with van der Waals surface area (Å²) < 4.78 is 13.0. The van der Waals surface area contributed by atoms with Gasteiger partial charge in [0.25, 0.3) is 0 Å². The highest BCUT2D eigenvalue weighted by atomic mass is 32.2. The highest BCUT2D eigenvalue weighted by Crippen LogP contribution is 2.29. The van der Waals surface area contributed by atoms with Gasteiger partial charge in [-0.05, 0) is 55.2 Å². The quantitative estimate of drug-likeness (QED) is 0.877. The highest BCUT2D eigenvalue weighted by Gasteiger charge is 2.23. The zero-order valence-electron chi connectivity index (χ0n) is 9.58. The molecule has 1 aliphatic rings. The topological polar surface area (TPSA) is 26.0 Å². The Hall–Kier alpha value is -0.540. The van der Waals surface area contributed by atoms with E-state index < -0.39 is 0 Å². The molecule has 2 atom stereocenters. The molecule has 0 bridgehead atoms. The molecule has 1 aromatic carbocycles. The maximum Gasteiger partial charge on any atom is 0.123 e. The van der Waals surface area contributed by atoms with E-state index in [0.29, 0.717) is 5.25 Å². The van der Waals surface area contributed by atoms with Crippen LogP contribution >= 0.6 is 11.8 Å². The van der Waals surface area contributed by atoms with Gasteiger partial charge < -0.3 is 5.73 Å². The lowest BCUT2D eigenvalue weighted by molar-refractivity contribution is 0.602. The molecule has 2 N–H and O–H groups in total. The lowest BCUT2D eigenvalue weighted by atomic mass is 9.98. The van der Waals surface area contributed by atoms with E-state index in [1.165, 1.54) is 30.2 Å². The van der Waals surface area contributed by atoms with Gasteiger partial charge in [-0.1, -0.05) is 6.07 Å². The van der Waals surface area contributed by atoms with Crippen molar-refractivity contribution < 1.29 is 4.39 Å². The summed E-state index contributed by atoms with van der Waals surface area (Å²) >= 11 is 1.98. The lowest BCUT2D eigenvalue weighted by Crippen LogP contribution is -2.33. The molecular formula is C13H18FNS. The summed E-state index contributed by atoms with van der Waals surface area (Å²) in [5.41, 5.74) is 8.40. The smallest absolute Gasteiger partial charge is 0.123 e. The molecule has 2 rings (SSSR count). The van der Waals surface area contributed by atoms with Gasteiger partial charge >= 0.3 is 0 Å². The molecule has 2 unspecified atom stereocenters. The minimum absolute atomic E-state index is 0.162. The second-order valence-corrected chi connectivity index (χ2v) is 5.84. The van der Waals surface area contributed by atoms with Crippen LogP contribution in [0.5, 0.6) is 0 Å². The van der Waals surface area contributed by atoms with E-state index in [0.717, 1.165) is 12.0 Å². The average molecular weight is 239 g/mol. The molecule has 16 heavy (non-hydrogen) atoms. The molecule has 0 radical (unpaired) electrons. The van der Waals surface area contributed by atoms with Crippen LogP contribution in [-0.4, -0.2) is 17.0 Å². The average Bonchev–Trinajstić information content (AvgIpc) is 2.75. The molecule has 0 spiro atoms. The first kappa shape index (κ1) is 11.9. The van der Waals surface area contributed by atoms with Crippen LogP contribution < -0.4 is 5.73 Å². The summed E-state index contributed by atoms with van der Waals surface area (Å²) in [5.74, 6) is 1.07. The van der Waals surface area contributed by atoms with Crippen molar-refractivity contribution in [3.8, 4) is 0 Å². The van der Waals surface area contributed by atoms with Crippen molar-refractivity contribution >= 4 is 11.8 Å². The minimum atomic E-state index is -0.162. The molecule has 1 saturated heterocycles. The van der Waals surface area contributed by atoms with Gasteiger partial charge in [-0.25, -0.2) is 4.39 Å². The highest BCUT2D eigenvalue weighted by molar-refractivity contribution is 8.00. The fourth-order valence-corrected chi connectivity index (χ4v) is 3.53. The largest absolute Gasteiger partial charge is 0.326 e. The van der Waals surface area contributed by atoms with Crippen LogP contribution in [0, 0.1) is 12.7 Å². The molecule has 1 nitrogen and oxygen atoms in total. The molecule has 1 aromatic rings. The summed E-state index contributed by atoms with van der Waals surface area (Å²) in [6, 6.07) is 5.18. The summed E-state index contributed by atoms with van der Waals surface area (Å²) in [6.07, 6.45) is 3.38. The van der Waals surface area contributed by atoms with Crippen molar-refractivity contribution in [2.75, 3.05) is 5.75 Å². The maximum absolute atomic E-state index is 13.0. The van der Waals surface area contributed by atoms with Gasteiger partial charge in [0.2, 0.25) is 0 Å². The Bertz CT molecular complexity index is 361. The molecule has 0 saturated carbocycles. The molecule has 1 aliphatic heterocycles. The predicted octanol–water partition coefficient (Wildman–Crippen LogP) is 2.90. The van der Waals surface area contributed by atoms with Crippen LogP contribution in [0.2, 0.25) is 0 Å². The van der Waals surface area contributed by atoms with Crippen molar-refractivity contribution in [2.24, 2.45) is 5.73 Å². The first-order valence-corrected chi connectivity index (χ1v) is 6.84. The first-order valence-electron chi connectivity index (χ1n) is 5.79. The van der Waals surface area contributed by atoms with Crippen molar-refractivity contribution in [3.63, 3.8) is 0 Å². The Balaban J connectivity index is 2.02. The van der Waals surface area contributed by atoms with E-state index in [2.05, 4.69) is 0 Å². The van der Waals surface area contributed by atoms with Crippen LogP contribution in [-0.2, 0) is 6.42 Å². The van der Waals surface area contributed by atoms with Gasteiger partial charge in [0, 0.05) is 11.3 Å². The number of aryl methyl sites for hydroxylation is 1. The molecule has 88 valence electrons. The predicted molar refractivity (Wildman–Crippen MR) is 68.3 cm³/mol. The molecule has 3 heteroatoms. The lowest BCUT2D eigenvalue weighted by Gasteiger charge is -2.19. The molecule has 0 aromatic heterocycles. The van der Waals surface area contributed by atoms with E-state index in [9.17, 15) is 4.39 Å². The Morgan fingerprint density at radius 3 is 3.00 bits per heavy atom. The van der Waals surface area contributed by atoms with E-state index in [1.54, 1.807) is 6.07 Å². The fourth-order valence-electron chi connectivity index (χ4n) is 2.21. The van der Waals surface area contributed by atoms with Crippen molar-refractivity contribution in [2.45, 2.75) is 37.5 Å². The first-order chi connectivity index (χ1) is 7.66. The molecule has 0 aliphatic carbocycles. The minimum Gasteiger partial charge on any atom is -0.326 e. The van der Waals surface area contributed by atoms with E-state index in [1.807, 2.05) is 24.8 Å². The van der Waals surface area contributed by atoms with E-state index >= 15 is 0 Å². The third-order valence-electron chi connectivity index (χ3n) is 3.20.